The number of carbonyl (C=O) groups is 2. The van der Waals surface area contributed by atoms with Crippen molar-refractivity contribution < 1.29 is 9.59 Å². The van der Waals surface area contributed by atoms with Gasteiger partial charge in [0.2, 0.25) is 11.8 Å². The van der Waals surface area contributed by atoms with Gasteiger partial charge in [-0.1, -0.05) is 83.0 Å². The van der Waals surface area contributed by atoms with Crippen LogP contribution < -0.4 is 0 Å². The van der Waals surface area contributed by atoms with Crippen LogP contribution in [0.3, 0.4) is 0 Å². The van der Waals surface area contributed by atoms with Crippen LogP contribution in [0, 0.1) is 0 Å². The van der Waals surface area contributed by atoms with Crippen molar-refractivity contribution in [3.05, 3.63) is 70.9 Å². The third-order valence-corrected chi connectivity index (χ3v) is 8.82. The van der Waals surface area contributed by atoms with Crippen LogP contribution in [0.1, 0.15) is 94.1 Å². The third-order valence-electron chi connectivity index (χ3n) is 8.82. The Hall–Kier alpha value is -3.12. The second-order valence-electron chi connectivity index (χ2n) is 12.0. The molecule has 2 aliphatic heterocycles. The van der Waals surface area contributed by atoms with Crippen LogP contribution in [-0.4, -0.2) is 70.3 Å². The smallest absolute Gasteiger partial charge is 0.246 e. The molecule has 1 aromatic heterocycles. The van der Waals surface area contributed by atoms with E-state index in [2.05, 4.69) is 80.0 Å². The van der Waals surface area contributed by atoms with E-state index in [9.17, 15) is 9.59 Å². The largest absolute Gasteiger partial charge is 0.356 e. The first-order valence-electron chi connectivity index (χ1n) is 15.4. The minimum atomic E-state index is -0.473. The summed E-state index contributed by atoms with van der Waals surface area (Å²) in [5.74, 6) is 0.567. The van der Waals surface area contributed by atoms with Crippen molar-refractivity contribution in [2.24, 2.45) is 0 Å². The van der Waals surface area contributed by atoms with E-state index in [4.69, 9.17) is 0 Å². The maximum atomic E-state index is 14.0. The summed E-state index contributed by atoms with van der Waals surface area (Å²) in [5.41, 5.74) is 5.60. The monoisotopic (exact) mass is 542 g/mol. The van der Waals surface area contributed by atoms with E-state index >= 15 is 0 Å². The van der Waals surface area contributed by atoms with E-state index in [1.807, 2.05) is 15.9 Å². The fourth-order valence-corrected chi connectivity index (χ4v) is 6.51. The Kier molecular flexibility index (Phi) is 8.94. The van der Waals surface area contributed by atoms with Gasteiger partial charge in [0.05, 0.1) is 12.6 Å². The molecular weight excluding hydrogens is 496 g/mol. The Morgan fingerprint density at radius 2 is 1.60 bits per heavy atom. The standard InChI is InChI=1S/C34H46N4O2/c1-5-7-18-36(19-8-6-2)20-11-21-37-23-31(39)38-30(34(37)40)22-28-27-12-9-10-13-29(27)35-32(28)33(38)26-16-14-25(15-17-26)24(3)4/h9-10,12-17,24,30,33,35H,5-8,11,18-23H2,1-4H3. The Morgan fingerprint density at radius 3 is 2.27 bits per heavy atom. The fourth-order valence-electron chi connectivity index (χ4n) is 6.51. The molecule has 5 rings (SSSR count). The predicted octanol–water partition coefficient (Wildman–Crippen LogP) is 6.27. The van der Waals surface area contributed by atoms with Gasteiger partial charge < -0.3 is 19.7 Å². The van der Waals surface area contributed by atoms with Crippen molar-refractivity contribution in [3.63, 3.8) is 0 Å². The van der Waals surface area contributed by atoms with Gasteiger partial charge in [0.15, 0.2) is 0 Å². The van der Waals surface area contributed by atoms with E-state index in [0.29, 0.717) is 18.9 Å². The number of aromatic nitrogens is 1. The minimum Gasteiger partial charge on any atom is -0.356 e. The zero-order valence-corrected chi connectivity index (χ0v) is 24.8. The molecule has 1 N–H and O–H groups in total. The van der Waals surface area contributed by atoms with Crippen LogP contribution in [0.2, 0.25) is 0 Å². The molecule has 0 radical (unpaired) electrons. The molecule has 3 aromatic rings. The maximum Gasteiger partial charge on any atom is 0.246 e. The molecule has 0 saturated carbocycles. The number of benzene rings is 2. The van der Waals surface area contributed by atoms with Crippen LogP contribution in [-0.2, 0) is 16.0 Å². The molecule has 0 spiro atoms. The molecule has 6 heteroatoms. The summed E-state index contributed by atoms with van der Waals surface area (Å²) in [6.07, 6.45) is 6.24. The van der Waals surface area contributed by atoms with Crippen molar-refractivity contribution in [2.75, 3.05) is 32.7 Å². The second-order valence-corrected chi connectivity index (χ2v) is 12.0. The summed E-state index contributed by atoms with van der Waals surface area (Å²) in [4.78, 5) is 37.8. The summed E-state index contributed by atoms with van der Waals surface area (Å²) in [7, 11) is 0. The number of hydrogen-bond donors (Lipinski definition) is 1. The topological polar surface area (TPSA) is 59.6 Å². The number of amides is 2. The normalized spacial score (nSPS) is 19.1. The van der Waals surface area contributed by atoms with Gasteiger partial charge in [-0.2, -0.15) is 0 Å². The molecule has 2 atom stereocenters. The Morgan fingerprint density at radius 1 is 0.925 bits per heavy atom. The number of rotatable bonds is 12. The van der Waals surface area contributed by atoms with Gasteiger partial charge >= 0.3 is 0 Å². The van der Waals surface area contributed by atoms with Gasteiger partial charge in [-0.15, -0.1) is 0 Å². The van der Waals surface area contributed by atoms with Gasteiger partial charge in [0, 0.05) is 29.6 Å². The van der Waals surface area contributed by atoms with Crippen LogP contribution in [0.25, 0.3) is 10.9 Å². The van der Waals surface area contributed by atoms with Gasteiger partial charge in [-0.05, 0) is 67.6 Å². The minimum absolute atomic E-state index is 0.0423. The number of H-pyrrole nitrogens is 1. The van der Waals surface area contributed by atoms with E-state index < -0.39 is 6.04 Å². The van der Waals surface area contributed by atoms with E-state index in [1.54, 1.807) is 0 Å². The number of hydrogen-bond acceptors (Lipinski definition) is 3. The van der Waals surface area contributed by atoms with E-state index in [-0.39, 0.29) is 24.4 Å². The molecule has 6 nitrogen and oxygen atoms in total. The predicted molar refractivity (Wildman–Crippen MR) is 162 cm³/mol. The van der Waals surface area contributed by atoms with Gasteiger partial charge in [-0.25, -0.2) is 0 Å². The molecule has 1 fully saturated rings. The number of carbonyl (C=O) groups excluding carboxylic acids is 2. The van der Waals surface area contributed by atoms with Gasteiger partial charge in [0.25, 0.3) is 0 Å². The Labute approximate surface area is 239 Å². The highest BCUT2D eigenvalue weighted by Gasteiger charge is 2.48. The average molecular weight is 543 g/mol. The lowest BCUT2D eigenvalue weighted by Crippen LogP contribution is -2.63. The molecule has 2 amide bonds. The fraction of sp³-hybridized carbons (Fsp3) is 0.529. The van der Waals surface area contributed by atoms with Gasteiger partial charge in [-0.3, -0.25) is 9.59 Å². The molecule has 3 heterocycles. The van der Waals surface area contributed by atoms with Crippen molar-refractivity contribution in [3.8, 4) is 0 Å². The summed E-state index contributed by atoms with van der Waals surface area (Å²) >= 11 is 0. The van der Waals surface area contributed by atoms with Crippen LogP contribution >= 0.6 is 0 Å². The van der Waals surface area contributed by atoms with E-state index in [0.717, 1.165) is 48.2 Å². The zero-order chi connectivity index (χ0) is 28.2. The third kappa shape index (κ3) is 5.69. The molecule has 0 bridgehead atoms. The van der Waals surface area contributed by atoms with Crippen molar-refractivity contribution in [1.29, 1.82) is 0 Å². The van der Waals surface area contributed by atoms with Gasteiger partial charge in [0.1, 0.15) is 6.04 Å². The number of aromatic amines is 1. The molecular formula is C34H46N4O2. The average Bonchev–Trinajstić information content (AvgIpc) is 3.34. The molecule has 214 valence electrons. The highest BCUT2D eigenvalue weighted by Crippen LogP contribution is 2.42. The molecule has 1 saturated heterocycles. The zero-order valence-electron chi connectivity index (χ0n) is 24.8. The van der Waals surface area contributed by atoms with Crippen LogP contribution in [0.5, 0.6) is 0 Å². The molecule has 2 unspecified atom stereocenters. The number of fused-ring (bicyclic) bond motifs is 4. The summed E-state index contributed by atoms with van der Waals surface area (Å²) < 4.78 is 0. The molecule has 2 aliphatic rings. The van der Waals surface area contributed by atoms with E-state index in [1.165, 1.54) is 36.8 Å². The molecule has 40 heavy (non-hydrogen) atoms. The quantitative estimate of drug-likeness (QED) is 0.294. The Balaban J connectivity index is 1.41. The summed E-state index contributed by atoms with van der Waals surface area (Å²) in [5, 5.41) is 1.15. The van der Waals surface area contributed by atoms with Crippen LogP contribution in [0.15, 0.2) is 48.5 Å². The number of para-hydroxylation sites is 1. The van der Waals surface area contributed by atoms with Crippen molar-refractivity contribution >= 4 is 22.7 Å². The highest BCUT2D eigenvalue weighted by atomic mass is 16.2. The molecule has 2 aromatic carbocycles. The lowest BCUT2D eigenvalue weighted by molar-refractivity contribution is -0.158. The first kappa shape index (κ1) is 28.4. The summed E-state index contributed by atoms with van der Waals surface area (Å²) in [6, 6.07) is 16.2. The number of nitrogens with one attached hydrogen (secondary N) is 1. The maximum absolute atomic E-state index is 14.0. The van der Waals surface area contributed by atoms with Crippen molar-refractivity contribution in [2.45, 2.75) is 84.2 Å². The highest BCUT2D eigenvalue weighted by molar-refractivity contribution is 5.97. The summed E-state index contributed by atoms with van der Waals surface area (Å²) in [6.45, 7) is 12.8. The molecule has 0 aliphatic carbocycles. The van der Waals surface area contributed by atoms with Crippen LogP contribution in [0.4, 0.5) is 0 Å². The number of nitrogens with zero attached hydrogens (tertiary/aromatic N) is 3. The number of piperazine rings is 1. The SMILES string of the molecule is CCCCN(CCCC)CCCN1CC(=O)N2C(Cc3c([nH]c4ccccc34)C2c2ccc(C(C)C)cc2)C1=O. The lowest BCUT2D eigenvalue weighted by Gasteiger charge is -2.47. The first-order valence-corrected chi connectivity index (χ1v) is 15.4. The second kappa shape index (κ2) is 12.6. The van der Waals surface area contributed by atoms with Crippen molar-refractivity contribution in [1.82, 2.24) is 19.7 Å². The number of unbranched alkanes of at least 4 members (excludes halogenated alkanes) is 2. The Bertz CT molecular complexity index is 1300. The lowest BCUT2D eigenvalue weighted by atomic mass is 9.85. The first-order chi connectivity index (χ1) is 19.4.